The van der Waals surface area contributed by atoms with Crippen LogP contribution in [0.2, 0.25) is 0 Å². The van der Waals surface area contributed by atoms with Gasteiger partial charge in [0.15, 0.2) is 0 Å². The van der Waals surface area contributed by atoms with Gasteiger partial charge in [0.25, 0.3) is 0 Å². The Bertz CT molecular complexity index is 391. The molecule has 1 aliphatic heterocycles. The molecule has 2 aliphatic rings. The van der Waals surface area contributed by atoms with Gasteiger partial charge >= 0.3 is 0 Å². The molecule has 0 aromatic heterocycles. The Hall–Kier alpha value is -0.940. The van der Waals surface area contributed by atoms with Crippen LogP contribution in [0.25, 0.3) is 0 Å². The van der Waals surface area contributed by atoms with E-state index in [2.05, 4.69) is 20.8 Å². The molecule has 0 radical (unpaired) electrons. The van der Waals surface area contributed by atoms with Crippen LogP contribution in [0.15, 0.2) is 0 Å². The highest BCUT2D eigenvalue weighted by atomic mass is 16.5. The molecule has 1 heterocycles. The standard InChI is InChI=1S/C16H27NO4/c1-11-6-13(8-16(2,3)7-11)21-10-12(18)9-17-14(19)4-5-15(17)20/h11-13,18H,4-10H2,1-3H3. The minimum atomic E-state index is -0.795. The van der Waals surface area contributed by atoms with Crippen LogP contribution in [-0.2, 0) is 14.3 Å². The summed E-state index contributed by atoms with van der Waals surface area (Å²) in [6.07, 6.45) is 3.09. The summed E-state index contributed by atoms with van der Waals surface area (Å²) in [5.74, 6) is 0.246. The Morgan fingerprint density at radius 2 is 1.90 bits per heavy atom. The van der Waals surface area contributed by atoms with E-state index in [9.17, 15) is 14.7 Å². The van der Waals surface area contributed by atoms with E-state index >= 15 is 0 Å². The summed E-state index contributed by atoms with van der Waals surface area (Å²) >= 11 is 0. The van der Waals surface area contributed by atoms with Gasteiger partial charge in [-0.15, -0.1) is 0 Å². The van der Waals surface area contributed by atoms with E-state index in [0.29, 0.717) is 5.92 Å². The van der Waals surface area contributed by atoms with Gasteiger partial charge in [-0.1, -0.05) is 20.8 Å². The van der Waals surface area contributed by atoms with Crippen LogP contribution >= 0.6 is 0 Å². The van der Waals surface area contributed by atoms with Crippen molar-refractivity contribution < 1.29 is 19.4 Å². The predicted molar refractivity (Wildman–Crippen MR) is 78.5 cm³/mol. The number of aliphatic hydroxyl groups is 1. The highest BCUT2D eigenvalue weighted by Gasteiger charge is 2.34. The molecular formula is C16H27NO4. The van der Waals surface area contributed by atoms with Crippen molar-refractivity contribution in [1.82, 2.24) is 4.90 Å². The zero-order valence-electron chi connectivity index (χ0n) is 13.3. The summed E-state index contributed by atoms with van der Waals surface area (Å²) in [6, 6.07) is 0. The lowest BCUT2D eigenvalue weighted by Crippen LogP contribution is -2.40. The number of carbonyl (C=O) groups is 2. The molecule has 2 rings (SSSR count). The third kappa shape index (κ3) is 4.51. The van der Waals surface area contributed by atoms with Crippen LogP contribution in [0.3, 0.4) is 0 Å². The summed E-state index contributed by atoms with van der Waals surface area (Å²) in [6.45, 7) is 6.97. The van der Waals surface area contributed by atoms with E-state index in [1.165, 1.54) is 6.42 Å². The van der Waals surface area contributed by atoms with Gasteiger partial charge in [-0.05, 0) is 30.6 Å². The summed E-state index contributed by atoms with van der Waals surface area (Å²) in [4.78, 5) is 24.2. The minimum absolute atomic E-state index is 0.0589. The fraction of sp³-hybridized carbons (Fsp3) is 0.875. The first-order valence-electron chi connectivity index (χ1n) is 7.90. The van der Waals surface area contributed by atoms with E-state index in [1.54, 1.807) is 0 Å². The highest BCUT2D eigenvalue weighted by molar-refractivity contribution is 6.01. The number of hydrogen-bond donors (Lipinski definition) is 1. The van der Waals surface area contributed by atoms with Gasteiger partial charge in [-0.2, -0.15) is 0 Å². The lowest BCUT2D eigenvalue weighted by Gasteiger charge is -2.39. The lowest BCUT2D eigenvalue weighted by atomic mass is 9.71. The van der Waals surface area contributed by atoms with Gasteiger partial charge in [0, 0.05) is 12.8 Å². The number of ether oxygens (including phenoxy) is 1. The molecule has 0 spiro atoms. The molecular weight excluding hydrogens is 270 g/mol. The quantitative estimate of drug-likeness (QED) is 0.785. The van der Waals surface area contributed by atoms with Crippen molar-refractivity contribution in [3.05, 3.63) is 0 Å². The van der Waals surface area contributed by atoms with Gasteiger partial charge in [0.05, 0.1) is 25.4 Å². The van der Waals surface area contributed by atoms with E-state index in [4.69, 9.17) is 4.74 Å². The predicted octanol–water partition coefficient (Wildman–Crippen LogP) is 1.73. The van der Waals surface area contributed by atoms with Crippen LogP contribution in [-0.4, -0.2) is 47.2 Å². The molecule has 1 saturated carbocycles. The van der Waals surface area contributed by atoms with Crippen LogP contribution in [0.4, 0.5) is 0 Å². The smallest absolute Gasteiger partial charge is 0.229 e. The number of aliphatic hydroxyl groups excluding tert-OH is 1. The second kappa shape index (κ2) is 6.44. The molecule has 5 heteroatoms. The molecule has 1 saturated heterocycles. The molecule has 0 bridgehead atoms. The number of nitrogens with zero attached hydrogens (tertiary/aromatic N) is 1. The van der Waals surface area contributed by atoms with Crippen LogP contribution in [0, 0.1) is 11.3 Å². The average molecular weight is 297 g/mol. The number of likely N-dealkylation sites (tertiary alicyclic amines) is 1. The van der Waals surface area contributed by atoms with Crippen LogP contribution in [0.1, 0.15) is 52.9 Å². The third-order valence-electron chi connectivity index (χ3n) is 4.42. The summed E-state index contributed by atoms with van der Waals surface area (Å²) in [7, 11) is 0. The van der Waals surface area contributed by atoms with Gasteiger partial charge in [0.2, 0.25) is 11.8 Å². The Kier molecular flexibility index (Phi) is 5.04. The van der Waals surface area contributed by atoms with Gasteiger partial charge < -0.3 is 9.84 Å². The second-order valence-corrected chi connectivity index (χ2v) is 7.42. The molecule has 21 heavy (non-hydrogen) atoms. The molecule has 0 aromatic rings. The zero-order chi connectivity index (χ0) is 15.6. The highest BCUT2D eigenvalue weighted by Crippen LogP contribution is 2.39. The molecule has 2 amide bonds. The van der Waals surface area contributed by atoms with Crippen molar-refractivity contribution in [3.63, 3.8) is 0 Å². The molecule has 0 aromatic carbocycles. The van der Waals surface area contributed by atoms with Gasteiger partial charge in [-0.25, -0.2) is 0 Å². The van der Waals surface area contributed by atoms with Crippen molar-refractivity contribution in [2.24, 2.45) is 11.3 Å². The van der Waals surface area contributed by atoms with E-state index in [0.717, 1.165) is 17.7 Å². The Morgan fingerprint density at radius 3 is 2.48 bits per heavy atom. The topological polar surface area (TPSA) is 66.8 Å². The normalized spacial score (nSPS) is 30.8. The summed E-state index contributed by atoms with van der Waals surface area (Å²) in [5, 5.41) is 10.0. The van der Waals surface area contributed by atoms with Crippen molar-refractivity contribution in [3.8, 4) is 0 Å². The first kappa shape index (κ1) is 16.4. The second-order valence-electron chi connectivity index (χ2n) is 7.42. The average Bonchev–Trinajstić information content (AvgIpc) is 2.66. The molecule has 3 unspecified atom stereocenters. The van der Waals surface area contributed by atoms with Crippen molar-refractivity contribution in [2.45, 2.75) is 65.1 Å². The SMILES string of the molecule is CC1CC(OCC(O)CN2C(=O)CCC2=O)CC(C)(C)C1. The van der Waals surface area contributed by atoms with Crippen molar-refractivity contribution in [2.75, 3.05) is 13.2 Å². The monoisotopic (exact) mass is 297 g/mol. The zero-order valence-corrected chi connectivity index (χ0v) is 13.3. The number of rotatable bonds is 5. The number of β-amino-alcohol motifs (C(OH)–C–C–N with tert-alkyl or cyclic N) is 1. The summed E-state index contributed by atoms with van der Waals surface area (Å²) in [5.41, 5.74) is 0.272. The van der Waals surface area contributed by atoms with E-state index < -0.39 is 6.10 Å². The molecule has 1 N–H and O–H groups in total. The first-order valence-corrected chi connectivity index (χ1v) is 7.90. The molecule has 120 valence electrons. The molecule has 1 aliphatic carbocycles. The first-order chi connectivity index (χ1) is 9.77. The Morgan fingerprint density at radius 1 is 1.29 bits per heavy atom. The third-order valence-corrected chi connectivity index (χ3v) is 4.42. The van der Waals surface area contributed by atoms with Crippen LogP contribution < -0.4 is 0 Å². The summed E-state index contributed by atoms with van der Waals surface area (Å²) < 4.78 is 5.83. The fourth-order valence-electron chi connectivity index (χ4n) is 3.72. The maximum Gasteiger partial charge on any atom is 0.229 e. The van der Waals surface area contributed by atoms with Crippen LogP contribution in [0.5, 0.6) is 0 Å². The number of carbonyl (C=O) groups excluding carboxylic acids is 2. The van der Waals surface area contributed by atoms with E-state index in [-0.39, 0.29) is 49.3 Å². The van der Waals surface area contributed by atoms with Gasteiger partial charge in [0.1, 0.15) is 0 Å². The molecule has 5 nitrogen and oxygen atoms in total. The lowest BCUT2D eigenvalue weighted by molar-refractivity contribution is -0.141. The van der Waals surface area contributed by atoms with Crippen molar-refractivity contribution in [1.29, 1.82) is 0 Å². The maximum absolute atomic E-state index is 11.5. The fourth-order valence-corrected chi connectivity index (χ4v) is 3.72. The number of amides is 2. The Labute approximate surface area is 126 Å². The van der Waals surface area contributed by atoms with Crippen molar-refractivity contribution >= 4 is 11.8 Å². The van der Waals surface area contributed by atoms with E-state index in [1.807, 2.05) is 0 Å². The largest absolute Gasteiger partial charge is 0.389 e. The Balaban J connectivity index is 1.77. The van der Waals surface area contributed by atoms with Gasteiger partial charge in [-0.3, -0.25) is 14.5 Å². The molecule has 2 fully saturated rings. The maximum atomic E-state index is 11.5. The molecule has 3 atom stereocenters. The number of imide groups is 1. The minimum Gasteiger partial charge on any atom is -0.389 e. The number of hydrogen-bond acceptors (Lipinski definition) is 4.